The van der Waals surface area contributed by atoms with E-state index < -0.39 is 35.4 Å². The summed E-state index contributed by atoms with van der Waals surface area (Å²) in [6, 6.07) is 13.0. The standard InChI is InChI=1S/C16H11F2O4/c17-13(15(19)20)11-7-6-10(9-4-2-1-3-5-9)8-12(11)14(18)16(21)22/h2-8,13-14H,(H,19,20)(H,21,22). The zero-order valence-corrected chi connectivity index (χ0v) is 11.2. The van der Waals surface area contributed by atoms with Gasteiger partial charge in [0.2, 0.25) is 12.3 Å². The molecule has 2 N–H and O–H groups in total. The Morgan fingerprint density at radius 1 is 0.864 bits per heavy atom. The lowest BCUT2D eigenvalue weighted by atomic mass is 9.94. The van der Waals surface area contributed by atoms with Gasteiger partial charge in [0.25, 0.3) is 0 Å². The van der Waals surface area contributed by atoms with Crippen LogP contribution in [0, 0.1) is 6.07 Å². The number of halogens is 2. The van der Waals surface area contributed by atoms with Crippen LogP contribution in [0.5, 0.6) is 0 Å². The van der Waals surface area contributed by atoms with Gasteiger partial charge in [0.05, 0.1) is 0 Å². The molecule has 0 saturated carbocycles. The van der Waals surface area contributed by atoms with Crippen LogP contribution in [0.15, 0.2) is 42.5 Å². The molecular weight excluding hydrogens is 294 g/mol. The van der Waals surface area contributed by atoms with E-state index in [1.165, 1.54) is 6.07 Å². The molecule has 0 heterocycles. The fraction of sp³-hybridized carbons (Fsp3) is 0.125. The molecule has 0 fully saturated rings. The molecule has 6 heteroatoms. The van der Waals surface area contributed by atoms with E-state index in [2.05, 4.69) is 6.07 Å². The summed E-state index contributed by atoms with van der Waals surface area (Å²) in [4.78, 5) is 21.6. The second-order valence-corrected chi connectivity index (χ2v) is 4.53. The van der Waals surface area contributed by atoms with Gasteiger partial charge in [-0.2, -0.15) is 0 Å². The van der Waals surface area contributed by atoms with Crippen LogP contribution in [0.4, 0.5) is 8.78 Å². The van der Waals surface area contributed by atoms with Gasteiger partial charge in [0.1, 0.15) is 0 Å². The highest BCUT2D eigenvalue weighted by Crippen LogP contribution is 2.33. The summed E-state index contributed by atoms with van der Waals surface area (Å²) in [5.74, 6) is -3.61. The average molecular weight is 305 g/mol. The van der Waals surface area contributed by atoms with Crippen LogP contribution in [0.25, 0.3) is 11.1 Å². The number of carboxylic acid groups (broad SMARTS) is 2. The van der Waals surface area contributed by atoms with E-state index in [4.69, 9.17) is 10.2 Å². The van der Waals surface area contributed by atoms with E-state index in [1.54, 1.807) is 24.3 Å². The van der Waals surface area contributed by atoms with Crippen molar-refractivity contribution in [1.29, 1.82) is 0 Å². The summed E-state index contributed by atoms with van der Waals surface area (Å²) < 4.78 is 27.6. The first-order chi connectivity index (χ1) is 10.4. The molecule has 0 aliphatic rings. The summed E-state index contributed by atoms with van der Waals surface area (Å²) in [7, 11) is 0. The Bertz CT molecular complexity index is 701. The maximum atomic E-state index is 13.9. The Hall–Kier alpha value is -2.76. The highest BCUT2D eigenvalue weighted by atomic mass is 19.1. The fourth-order valence-corrected chi connectivity index (χ4v) is 2.05. The number of alkyl halides is 2. The molecule has 2 unspecified atom stereocenters. The molecule has 2 aromatic rings. The first-order valence-corrected chi connectivity index (χ1v) is 6.26. The lowest BCUT2D eigenvalue weighted by Gasteiger charge is -2.14. The van der Waals surface area contributed by atoms with Crippen molar-refractivity contribution in [2.45, 2.75) is 12.3 Å². The monoisotopic (exact) mass is 305 g/mol. The van der Waals surface area contributed by atoms with E-state index in [9.17, 15) is 18.4 Å². The normalized spacial score (nSPS) is 13.4. The molecule has 0 saturated heterocycles. The molecule has 1 radical (unpaired) electrons. The van der Waals surface area contributed by atoms with E-state index in [-0.39, 0.29) is 0 Å². The maximum absolute atomic E-state index is 13.9. The van der Waals surface area contributed by atoms with Gasteiger partial charge in [-0.05, 0) is 23.3 Å². The molecule has 0 aromatic heterocycles. The highest BCUT2D eigenvalue weighted by Gasteiger charge is 2.29. The molecule has 2 atom stereocenters. The molecule has 0 aliphatic heterocycles. The van der Waals surface area contributed by atoms with E-state index in [1.807, 2.05) is 0 Å². The molecule has 22 heavy (non-hydrogen) atoms. The fourth-order valence-electron chi connectivity index (χ4n) is 2.05. The van der Waals surface area contributed by atoms with Crippen LogP contribution in [0.2, 0.25) is 0 Å². The first kappa shape index (κ1) is 15.6. The molecule has 0 bridgehead atoms. The van der Waals surface area contributed by atoms with Crippen LogP contribution in [0.3, 0.4) is 0 Å². The van der Waals surface area contributed by atoms with Crippen LogP contribution < -0.4 is 0 Å². The molecule has 2 aromatic carbocycles. The molecular formula is C16H11F2O4. The number of benzene rings is 2. The molecule has 0 amide bonds. The van der Waals surface area contributed by atoms with Crippen molar-refractivity contribution in [2.24, 2.45) is 0 Å². The van der Waals surface area contributed by atoms with Crippen LogP contribution in [-0.2, 0) is 9.59 Å². The third-order valence-electron chi connectivity index (χ3n) is 3.12. The number of hydrogen-bond acceptors (Lipinski definition) is 2. The van der Waals surface area contributed by atoms with Crippen molar-refractivity contribution < 1.29 is 28.6 Å². The number of aliphatic carboxylic acids is 2. The van der Waals surface area contributed by atoms with E-state index in [0.717, 1.165) is 12.1 Å². The second kappa shape index (κ2) is 6.34. The Morgan fingerprint density at radius 2 is 1.41 bits per heavy atom. The Balaban J connectivity index is 2.57. The van der Waals surface area contributed by atoms with Gasteiger partial charge in [0.15, 0.2) is 0 Å². The zero-order valence-electron chi connectivity index (χ0n) is 11.2. The lowest BCUT2D eigenvalue weighted by Crippen LogP contribution is -2.14. The minimum absolute atomic E-state index is 0.453. The van der Waals surface area contributed by atoms with Crippen molar-refractivity contribution in [3.8, 4) is 11.1 Å². The predicted molar refractivity (Wildman–Crippen MR) is 73.7 cm³/mol. The minimum atomic E-state index is -2.51. The Kier molecular flexibility index (Phi) is 4.50. The Morgan fingerprint density at radius 3 is 1.95 bits per heavy atom. The van der Waals surface area contributed by atoms with Crippen molar-refractivity contribution in [1.82, 2.24) is 0 Å². The number of hydrogen-bond donors (Lipinski definition) is 2. The van der Waals surface area contributed by atoms with Crippen molar-refractivity contribution in [3.63, 3.8) is 0 Å². The van der Waals surface area contributed by atoms with Crippen molar-refractivity contribution in [3.05, 3.63) is 59.7 Å². The molecule has 2 rings (SSSR count). The molecule has 4 nitrogen and oxygen atoms in total. The molecule has 0 spiro atoms. The third-order valence-corrected chi connectivity index (χ3v) is 3.12. The topological polar surface area (TPSA) is 74.6 Å². The van der Waals surface area contributed by atoms with Crippen LogP contribution >= 0.6 is 0 Å². The van der Waals surface area contributed by atoms with Gasteiger partial charge in [-0.15, -0.1) is 0 Å². The number of carboxylic acids is 2. The summed E-state index contributed by atoms with van der Waals surface area (Å²) >= 11 is 0. The maximum Gasteiger partial charge on any atom is 0.343 e. The van der Waals surface area contributed by atoms with E-state index in [0.29, 0.717) is 11.1 Å². The van der Waals surface area contributed by atoms with Gasteiger partial charge in [-0.1, -0.05) is 36.4 Å². The first-order valence-electron chi connectivity index (χ1n) is 6.26. The Labute approximate surface area is 124 Å². The van der Waals surface area contributed by atoms with Crippen LogP contribution in [0.1, 0.15) is 23.5 Å². The van der Waals surface area contributed by atoms with Gasteiger partial charge >= 0.3 is 11.9 Å². The summed E-state index contributed by atoms with van der Waals surface area (Å²) in [5.41, 5.74) is 0.0884. The number of rotatable bonds is 5. The van der Waals surface area contributed by atoms with Gasteiger partial charge in [-0.3, -0.25) is 0 Å². The highest BCUT2D eigenvalue weighted by molar-refractivity contribution is 5.80. The quantitative estimate of drug-likeness (QED) is 0.888. The van der Waals surface area contributed by atoms with Gasteiger partial charge in [-0.25, -0.2) is 18.4 Å². The largest absolute Gasteiger partial charge is 0.479 e. The smallest absolute Gasteiger partial charge is 0.343 e. The van der Waals surface area contributed by atoms with Crippen molar-refractivity contribution in [2.75, 3.05) is 0 Å². The summed E-state index contributed by atoms with van der Waals surface area (Å²) in [6.07, 6.45) is -5.01. The summed E-state index contributed by atoms with van der Waals surface area (Å²) in [6.45, 7) is 0. The average Bonchev–Trinajstić information content (AvgIpc) is 2.53. The molecule has 113 valence electrons. The number of carbonyl (C=O) groups is 2. The molecule has 0 aliphatic carbocycles. The van der Waals surface area contributed by atoms with E-state index >= 15 is 0 Å². The van der Waals surface area contributed by atoms with Crippen LogP contribution in [-0.4, -0.2) is 22.2 Å². The SMILES string of the molecule is O=C(O)C(F)c1ccc(-c2cc[c]cc2)cc1C(F)C(=O)O. The minimum Gasteiger partial charge on any atom is -0.479 e. The third kappa shape index (κ3) is 3.11. The van der Waals surface area contributed by atoms with Gasteiger partial charge < -0.3 is 10.2 Å². The predicted octanol–water partition coefficient (Wildman–Crippen LogP) is 3.34. The van der Waals surface area contributed by atoms with Gasteiger partial charge in [0, 0.05) is 11.1 Å². The zero-order chi connectivity index (χ0) is 16.3. The lowest BCUT2D eigenvalue weighted by molar-refractivity contribution is -0.145. The van der Waals surface area contributed by atoms with Crippen molar-refractivity contribution >= 4 is 11.9 Å². The second-order valence-electron chi connectivity index (χ2n) is 4.53. The summed E-state index contributed by atoms with van der Waals surface area (Å²) in [5, 5.41) is 17.5.